The largest absolute Gasteiger partial charge is 0.309 e. The SMILES string of the molecule is CC(C)NC12CC(C(C)(C)C)(C1)C2. The Kier molecular flexibility index (Phi) is 1.69. The van der Waals surface area contributed by atoms with E-state index < -0.39 is 0 Å². The molecule has 3 rings (SSSR count). The predicted octanol–water partition coefficient (Wildman–Crippen LogP) is 2.95. The van der Waals surface area contributed by atoms with Gasteiger partial charge in [0, 0.05) is 11.6 Å². The van der Waals surface area contributed by atoms with Gasteiger partial charge in [-0.3, -0.25) is 0 Å². The Hall–Kier alpha value is -0.0400. The molecule has 0 aromatic rings. The van der Waals surface area contributed by atoms with E-state index in [0.29, 0.717) is 22.4 Å². The Morgan fingerprint density at radius 1 is 1.08 bits per heavy atom. The number of hydrogen-bond acceptors (Lipinski definition) is 1. The molecule has 1 N–H and O–H groups in total. The molecular formula is C12H23N. The summed E-state index contributed by atoms with van der Waals surface area (Å²) in [6, 6.07) is 0.651. The summed E-state index contributed by atoms with van der Waals surface area (Å²) < 4.78 is 0. The van der Waals surface area contributed by atoms with Crippen LogP contribution in [0.2, 0.25) is 0 Å². The summed E-state index contributed by atoms with van der Waals surface area (Å²) in [6.07, 6.45) is 4.26. The van der Waals surface area contributed by atoms with E-state index >= 15 is 0 Å². The second-order valence-corrected chi connectivity index (χ2v) is 6.64. The Morgan fingerprint density at radius 2 is 1.54 bits per heavy atom. The summed E-state index contributed by atoms with van der Waals surface area (Å²) in [5, 5.41) is 3.72. The van der Waals surface area contributed by atoms with Crippen LogP contribution in [0.1, 0.15) is 53.9 Å². The van der Waals surface area contributed by atoms with Crippen LogP contribution >= 0.6 is 0 Å². The number of rotatable bonds is 2. The van der Waals surface area contributed by atoms with Crippen molar-refractivity contribution in [2.45, 2.75) is 65.5 Å². The predicted molar refractivity (Wildman–Crippen MR) is 56.7 cm³/mol. The smallest absolute Gasteiger partial charge is 0.0200 e. The summed E-state index contributed by atoms with van der Waals surface area (Å²) in [7, 11) is 0. The first-order chi connectivity index (χ1) is 5.79. The monoisotopic (exact) mass is 181 g/mol. The molecular weight excluding hydrogens is 158 g/mol. The van der Waals surface area contributed by atoms with Crippen LogP contribution in [-0.2, 0) is 0 Å². The zero-order valence-electron chi connectivity index (χ0n) is 9.70. The van der Waals surface area contributed by atoms with Crippen LogP contribution < -0.4 is 5.32 Å². The maximum absolute atomic E-state index is 3.72. The highest BCUT2D eigenvalue weighted by Crippen LogP contribution is 2.74. The van der Waals surface area contributed by atoms with Crippen LogP contribution in [0.25, 0.3) is 0 Å². The van der Waals surface area contributed by atoms with Gasteiger partial charge in [0.25, 0.3) is 0 Å². The molecule has 13 heavy (non-hydrogen) atoms. The van der Waals surface area contributed by atoms with Crippen molar-refractivity contribution in [2.75, 3.05) is 0 Å². The molecule has 3 fully saturated rings. The standard InChI is InChI=1S/C12H23N/c1-9(2)13-12-6-11(7-12,8-12)10(3,4)5/h9,13H,6-8H2,1-5H3. The first-order valence-corrected chi connectivity index (χ1v) is 5.56. The molecule has 0 spiro atoms. The van der Waals surface area contributed by atoms with Crippen LogP contribution in [0.4, 0.5) is 0 Å². The van der Waals surface area contributed by atoms with E-state index in [1.165, 1.54) is 19.3 Å². The van der Waals surface area contributed by atoms with E-state index in [4.69, 9.17) is 0 Å². The van der Waals surface area contributed by atoms with E-state index in [-0.39, 0.29) is 0 Å². The molecule has 2 bridgehead atoms. The molecule has 0 radical (unpaired) electrons. The molecule has 0 aromatic carbocycles. The van der Waals surface area contributed by atoms with Crippen LogP contribution in [0.5, 0.6) is 0 Å². The number of nitrogens with one attached hydrogen (secondary N) is 1. The average molecular weight is 181 g/mol. The lowest BCUT2D eigenvalue weighted by atomic mass is 9.32. The summed E-state index contributed by atoms with van der Waals surface area (Å²) in [5.74, 6) is 0. The van der Waals surface area contributed by atoms with Crippen molar-refractivity contribution in [3.8, 4) is 0 Å². The van der Waals surface area contributed by atoms with Crippen molar-refractivity contribution in [3.05, 3.63) is 0 Å². The minimum atomic E-state index is 0.521. The van der Waals surface area contributed by atoms with Crippen molar-refractivity contribution >= 4 is 0 Å². The quantitative estimate of drug-likeness (QED) is 0.690. The summed E-state index contributed by atoms with van der Waals surface area (Å²) in [6.45, 7) is 11.7. The van der Waals surface area contributed by atoms with Gasteiger partial charge in [0.1, 0.15) is 0 Å². The highest BCUT2D eigenvalue weighted by molar-refractivity contribution is 5.26. The topological polar surface area (TPSA) is 12.0 Å². The maximum Gasteiger partial charge on any atom is 0.0200 e. The summed E-state index contributed by atoms with van der Waals surface area (Å²) in [4.78, 5) is 0. The molecule has 3 aliphatic carbocycles. The summed E-state index contributed by atoms with van der Waals surface area (Å²) in [5.41, 5.74) is 1.77. The Balaban J connectivity index is 1.93. The average Bonchev–Trinajstić information content (AvgIpc) is 1.70. The van der Waals surface area contributed by atoms with E-state index in [1.807, 2.05) is 0 Å². The van der Waals surface area contributed by atoms with Crippen molar-refractivity contribution in [2.24, 2.45) is 10.8 Å². The van der Waals surface area contributed by atoms with E-state index in [1.54, 1.807) is 0 Å². The molecule has 0 heterocycles. The van der Waals surface area contributed by atoms with Crippen LogP contribution in [-0.4, -0.2) is 11.6 Å². The van der Waals surface area contributed by atoms with E-state index in [0.717, 1.165) is 0 Å². The molecule has 0 amide bonds. The second kappa shape index (κ2) is 2.31. The third kappa shape index (κ3) is 1.16. The zero-order valence-corrected chi connectivity index (χ0v) is 9.70. The fraction of sp³-hybridized carbons (Fsp3) is 1.00. The third-order valence-electron chi connectivity index (χ3n) is 4.22. The Morgan fingerprint density at radius 3 is 1.85 bits per heavy atom. The van der Waals surface area contributed by atoms with E-state index in [2.05, 4.69) is 39.9 Å². The van der Waals surface area contributed by atoms with Gasteiger partial charge in [-0.05, 0) is 30.1 Å². The molecule has 3 saturated carbocycles. The lowest BCUT2D eigenvalue weighted by Gasteiger charge is -2.76. The molecule has 1 nitrogen and oxygen atoms in total. The van der Waals surface area contributed by atoms with Gasteiger partial charge >= 0.3 is 0 Å². The minimum Gasteiger partial charge on any atom is -0.309 e. The van der Waals surface area contributed by atoms with Gasteiger partial charge in [-0.15, -0.1) is 0 Å². The lowest BCUT2D eigenvalue weighted by molar-refractivity contribution is -0.219. The first kappa shape index (κ1) is 9.51. The fourth-order valence-corrected chi connectivity index (χ4v) is 3.35. The third-order valence-corrected chi connectivity index (χ3v) is 4.22. The molecule has 0 aromatic heterocycles. The van der Waals surface area contributed by atoms with Crippen LogP contribution in [0, 0.1) is 10.8 Å². The number of hydrogen-bond donors (Lipinski definition) is 1. The second-order valence-electron chi connectivity index (χ2n) is 6.64. The molecule has 0 atom stereocenters. The maximum atomic E-state index is 3.72. The van der Waals surface area contributed by atoms with Crippen LogP contribution in [0.15, 0.2) is 0 Å². The minimum absolute atomic E-state index is 0.521. The van der Waals surface area contributed by atoms with Crippen molar-refractivity contribution in [3.63, 3.8) is 0 Å². The fourth-order valence-electron chi connectivity index (χ4n) is 3.35. The molecule has 0 aliphatic heterocycles. The van der Waals surface area contributed by atoms with Gasteiger partial charge in [0.05, 0.1) is 0 Å². The summed E-state index contributed by atoms with van der Waals surface area (Å²) >= 11 is 0. The molecule has 0 saturated heterocycles. The van der Waals surface area contributed by atoms with Crippen molar-refractivity contribution in [1.29, 1.82) is 0 Å². The van der Waals surface area contributed by atoms with Crippen molar-refractivity contribution in [1.82, 2.24) is 5.32 Å². The first-order valence-electron chi connectivity index (χ1n) is 5.56. The molecule has 3 aliphatic rings. The van der Waals surface area contributed by atoms with Gasteiger partial charge in [-0.25, -0.2) is 0 Å². The van der Waals surface area contributed by atoms with Gasteiger partial charge in [0.2, 0.25) is 0 Å². The highest BCUT2D eigenvalue weighted by Gasteiger charge is 2.71. The molecule has 0 unspecified atom stereocenters. The van der Waals surface area contributed by atoms with Gasteiger partial charge in [0.15, 0.2) is 0 Å². The van der Waals surface area contributed by atoms with Crippen molar-refractivity contribution < 1.29 is 0 Å². The normalized spacial score (nSPS) is 42.9. The van der Waals surface area contributed by atoms with E-state index in [9.17, 15) is 0 Å². The lowest BCUT2D eigenvalue weighted by Crippen LogP contribution is -2.78. The Labute approximate surface area is 82.3 Å². The van der Waals surface area contributed by atoms with Gasteiger partial charge in [-0.2, -0.15) is 0 Å². The Bertz CT molecular complexity index is 202. The van der Waals surface area contributed by atoms with Gasteiger partial charge in [-0.1, -0.05) is 34.6 Å². The van der Waals surface area contributed by atoms with Crippen LogP contribution in [0.3, 0.4) is 0 Å². The molecule has 1 heteroatoms. The zero-order chi connectivity index (χ0) is 9.91. The molecule has 76 valence electrons. The van der Waals surface area contributed by atoms with Gasteiger partial charge < -0.3 is 5.32 Å². The highest BCUT2D eigenvalue weighted by atomic mass is 15.1.